The molecular formula is C27H23BrCl2N4O3. The molecule has 0 unspecified atom stereocenters. The predicted octanol–water partition coefficient (Wildman–Crippen LogP) is 6.71. The number of benzene rings is 3. The van der Waals surface area contributed by atoms with Gasteiger partial charge in [0.1, 0.15) is 11.6 Å². The number of anilines is 1. The first kappa shape index (κ1) is 26.9. The van der Waals surface area contributed by atoms with E-state index in [-0.39, 0.29) is 18.1 Å². The molecule has 0 fully saturated rings. The Balaban J connectivity index is 1.50. The second kappa shape index (κ2) is 12.4. The van der Waals surface area contributed by atoms with Gasteiger partial charge in [-0.1, -0.05) is 52.5 Å². The molecule has 0 aliphatic rings. The summed E-state index contributed by atoms with van der Waals surface area (Å²) in [6, 6.07) is 17.2. The van der Waals surface area contributed by atoms with Crippen LogP contribution in [0, 0.1) is 0 Å². The maximum Gasteiger partial charge on any atom is 0.282 e. The predicted molar refractivity (Wildman–Crippen MR) is 152 cm³/mol. The minimum Gasteiger partial charge on any atom is -0.482 e. The number of unbranched alkanes of at least 4 members (excludes halogenated alkanes) is 1. The number of carbonyl (C=O) groups is 1. The molecule has 1 heterocycles. The summed E-state index contributed by atoms with van der Waals surface area (Å²) in [6.07, 6.45) is 4.02. The number of fused-ring (bicyclic) bond motifs is 1. The van der Waals surface area contributed by atoms with E-state index in [2.05, 4.69) is 38.3 Å². The second-order valence-electron chi connectivity index (χ2n) is 8.19. The van der Waals surface area contributed by atoms with Crippen molar-refractivity contribution in [3.63, 3.8) is 0 Å². The highest BCUT2D eigenvalue weighted by molar-refractivity contribution is 9.10. The van der Waals surface area contributed by atoms with Crippen molar-refractivity contribution >= 4 is 67.8 Å². The van der Waals surface area contributed by atoms with E-state index in [1.54, 1.807) is 54.7 Å². The molecule has 10 heteroatoms. The Labute approximate surface area is 232 Å². The van der Waals surface area contributed by atoms with Gasteiger partial charge < -0.3 is 10.1 Å². The van der Waals surface area contributed by atoms with Gasteiger partial charge in [-0.3, -0.25) is 9.59 Å². The number of aryl methyl sites for hydroxylation is 1. The molecule has 0 aliphatic carbocycles. The normalized spacial score (nSPS) is 11.2. The van der Waals surface area contributed by atoms with Crippen LogP contribution in [-0.4, -0.2) is 28.4 Å². The molecule has 4 rings (SSSR count). The van der Waals surface area contributed by atoms with Gasteiger partial charge in [-0.2, -0.15) is 9.78 Å². The number of nitrogens with one attached hydrogen (secondary N) is 1. The Morgan fingerprint density at radius 3 is 2.65 bits per heavy atom. The van der Waals surface area contributed by atoms with Crippen LogP contribution in [0.4, 0.5) is 5.69 Å². The summed E-state index contributed by atoms with van der Waals surface area (Å²) in [5.41, 5.74) is 1.66. The number of amides is 1. The summed E-state index contributed by atoms with van der Waals surface area (Å²) in [5, 5.41) is 8.52. The van der Waals surface area contributed by atoms with Crippen LogP contribution >= 0.6 is 39.1 Å². The zero-order valence-electron chi connectivity index (χ0n) is 19.9. The molecule has 0 saturated carbocycles. The van der Waals surface area contributed by atoms with Crippen molar-refractivity contribution in [3.8, 4) is 5.75 Å². The van der Waals surface area contributed by atoms with E-state index >= 15 is 0 Å². The Kier molecular flexibility index (Phi) is 8.97. The van der Waals surface area contributed by atoms with E-state index < -0.39 is 0 Å². The number of halogens is 3. The van der Waals surface area contributed by atoms with Crippen molar-refractivity contribution < 1.29 is 9.53 Å². The second-order valence-corrected chi connectivity index (χ2v) is 9.95. The SMILES string of the molecule is CCCCc1nc2ccc(Br)cc2c(=O)n1N=Cc1ccc(OCC(=O)Nc2ccc(Cl)cc2)c(Cl)c1. The Hall–Kier alpha value is -3.20. The zero-order chi connectivity index (χ0) is 26.4. The van der Waals surface area contributed by atoms with Crippen molar-refractivity contribution in [1.82, 2.24) is 9.66 Å². The number of aromatic nitrogens is 2. The van der Waals surface area contributed by atoms with Crippen molar-refractivity contribution in [2.24, 2.45) is 5.10 Å². The third kappa shape index (κ3) is 6.97. The minimum atomic E-state index is -0.335. The van der Waals surface area contributed by atoms with Gasteiger partial charge >= 0.3 is 0 Å². The third-order valence-electron chi connectivity index (χ3n) is 5.39. The molecule has 0 radical (unpaired) electrons. The van der Waals surface area contributed by atoms with Gasteiger partial charge in [-0.25, -0.2) is 4.98 Å². The third-order valence-corrected chi connectivity index (χ3v) is 6.43. The van der Waals surface area contributed by atoms with Crippen molar-refractivity contribution in [3.05, 3.63) is 96.9 Å². The number of hydrogen-bond donors (Lipinski definition) is 1. The first-order valence-corrected chi connectivity index (χ1v) is 13.1. The maximum absolute atomic E-state index is 13.2. The fourth-order valence-electron chi connectivity index (χ4n) is 3.52. The van der Waals surface area contributed by atoms with Crippen molar-refractivity contribution in [1.29, 1.82) is 0 Å². The van der Waals surface area contributed by atoms with Gasteiger partial charge in [0, 0.05) is 21.6 Å². The van der Waals surface area contributed by atoms with Crippen LogP contribution in [0.1, 0.15) is 31.2 Å². The fourth-order valence-corrected chi connectivity index (χ4v) is 4.25. The molecule has 1 N–H and O–H groups in total. The molecule has 7 nitrogen and oxygen atoms in total. The first-order chi connectivity index (χ1) is 17.8. The lowest BCUT2D eigenvalue weighted by molar-refractivity contribution is -0.118. The average molecular weight is 602 g/mol. The molecule has 0 saturated heterocycles. The van der Waals surface area contributed by atoms with Gasteiger partial charge in [0.2, 0.25) is 0 Å². The Morgan fingerprint density at radius 2 is 1.92 bits per heavy atom. The average Bonchev–Trinajstić information content (AvgIpc) is 2.88. The van der Waals surface area contributed by atoms with Crippen LogP contribution in [0.3, 0.4) is 0 Å². The molecule has 37 heavy (non-hydrogen) atoms. The van der Waals surface area contributed by atoms with Crippen LogP contribution in [0.15, 0.2) is 75.0 Å². The summed E-state index contributed by atoms with van der Waals surface area (Å²) in [5.74, 6) is 0.609. The number of nitrogens with zero attached hydrogens (tertiary/aromatic N) is 3. The highest BCUT2D eigenvalue weighted by Gasteiger charge is 2.11. The number of carbonyl (C=O) groups excluding carboxylic acids is 1. The van der Waals surface area contributed by atoms with Crippen molar-refractivity contribution in [2.45, 2.75) is 26.2 Å². The molecule has 0 spiro atoms. The standard InChI is InChI=1S/C27H23BrCl2N4O3/c1-2-3-4-25-33-23-11-6-18(28)14-21(23)27(36)34(25)31-15-17-5-12-24(22(30)13-17)37-16-26(35)32-20-9-7-19(29)8-10-20/h5-15H,2-4,16H2,1H3,(H,32,35). The molecule has 1 aromatic heterocycles. The Morgan fingerprint density at radius 1 is 1.14 bits per heavy atom. The molecule has 4 aromatic rings. The lowest BCUT2D eigenvalue weighted by Crippen LogP contribution is -2.22. The number of rotatable bonds is 9. The molecular weight excluding hydrogens is 579 g/mol. The number of hydrogen-bond acceptors (Lipinski definition) is 5. The highest BCUT2D eigenvalue weighted by atomic mass is 79.9. The molecule has 0 aliphatic heterocycles. The number of ether oxygens (including phenoxy) is 1. The largest absolute Gasteiger partial charge is 0.482 e. The van der Waals surface area contributed by atoms with Gasteiger partial charge in [-0.15, -0.1) is 0 Å². The minimum absolute atomic E-state index is 0.218. The summed E-state index contributed by atoms with van der Waals surface area (Å²) in [4.78, 5) is 30.1. The van der Waals surface area contributed by atoms with E-state index in [1.807, 2.05) is 12.1 Å². The Bertz CT molecular complexity index is 1520. The quantitative estimate of drug-likeness (QED) is 0.216. The van der Waals surface area contributed by atoms with Crippen LogP contribution in [0.5, 0.6) is 5.75 Å². The maximum atomic E-state index is 13.2. The first-order valence-electron chi connectivity index (χ1n) is 11.6. The lowest BCUT2D eigenvalue weighted by Gasteiger charge is -2.10. The van der Waals surface area contributed by atoms with Gasteiger partial charge in [0.05, 0.1) is 22.1 Å². The zero-order valence-corrected chi connectivity index (χ0v) is 23.0. The summed E-state index contributed by atoms with van der Waals surface area (Å²) in [6.45, 7) is 1.86. The van der Waals surface area contributed by atoms with E-state index in [4.69, 9.17) is 27.9 Å². The smallest absolute Gasteiger partial charge is 0.282 e. The van der Waals surface area contributed by atoms with Crippen LogP contribution in [-0.2, 0) is 11.2 Å². The molecule has 3 aromatic carbocycles. The van der Waals surface area contributed by atoms with E-state index in [9.17, 15) is 9.59 Å². The highest BCUT2D eigenvalue weighted by Crippen LogP contribution is 2.25. The van der Waals surface area contributed by atoms with E-state index in [0.29, 0.717) is 50.2 Å². The summed E-state index contributed by atoms with van der Waals surface area (Å²) in [7, 11) is 0. The van der Waals surface area contributed by atoms with Crippen LogP contribution < -0.4 is 15.6 Å². The van der Waals surface area contributed by atoms with Crippen LogP contribution in [0.25, 0.3) is 10.9 Å². The molecule has 0 bridgehead atoms. The van der Waals surface area contributed by atoms with Crippen molar-refractivity contribution in [2.75, 3.05) is 11.9 Å². The van der Waals surface area contributed by atoms with Gasteiger partial charge in [0.15, 0.2) is 6.61 Å². The van der Waals surface area contributed by atoms with Crippen LogP contribution in [0.2, 0.25) is 10.0 Å². The molecule has 190 valence electrons. The van der Waals surface area contributed by atoms with Gasteiger partial charge in [0.25, 0.3) is 11.5 Å². The van der Waals surface area contributed by atoms with E-state index in [1.165, 1.54) is 4.68 Å². The lowest BCUT2D eigenvalue weighted by atomic mass is 10.2. The topological polar surface area (TPSA) is 85.6 Å². The summed E-state index contributed by atoms with van der Waals surface area (Å²) < 4.78 is 7.70. The van der Waals surface area contributed by atoms with Gasteiger partial charge in [-0.05, 0) is 72.6 Å². The summed E-state index contributed by atoms with van der Waals surface area (Å²) >= 11 is 15.6. The fraction of sp³-hybridized carbons (Fsp3) is 0.185. The molecule has 1 amide bonds. The van der Waals surface area contributed by atoms with E-state index in [0.717, 1.165) is 17.3 Å². The molecule has 0 atom stereocenters. The monoisotopic (exact) mass is 600 g/mol.